The van der Waals surface area contributed by atoms with Crippen molar-refractivity contribution in [3.63, 3.8) is 0 Å². The maximum absolute atomic E-state index is 9.54. The fourth-order valence-corrected chi connectivity index (χ4v) is 3.51. The summed E-state index contributed by atoms with van der Waals surface area (Å²) in [5.41, 5.74) is 3.04. The first kappa shape index (κ1) is 11.8. The number of hydrogen-bond acceptors (Lipinski definition) is 5. The van der Waals surface area contributed by atoms with Crippen LogP contribution >= 0.6 is 0 Å². The number of amidine groups is 1. The molecule has 0 unspecified atom stereocenters. The van der Waals surface area contributed by atoms with Crippen LogP contribution < -0.4 is 10.7 Å². The van der Waals surface area contributed by atoms with Crippen molar-refractivity contribution in [2.24, 2.45) is 22.0 Å². The quantitative estimate of drug-likeness (QED) is 0.563. The van der Waals surface area contributed by atoms with Crippen LogP contribution in [-0.2, 0) is 9.47 Å². The molecule has 0 aromatic rings. The summed E-state index contributed by atoms with van der Waals surface area (Å²) in [6, 6.07) is 4.35. The Morgan fingerprint density at radius 1 is 1.18 bits per heavy atom. The molecule has 0 aromatic heterocycles. The van der Waals surface area contributed by atoms with Gasteiger partial charge in [0.25, 0.3) is 5.84 Å². The first-order valence-corrected chi connectivity index (χ1v) is 5.21. The minimum atomic E-state index is -1.37. The molecule has 90 valence electrons. The summed E-state index contributed by atoms with van der Waals surface area (Å²) in [6.45, 7) is 3.64. The van der Waals surface area contributed by atoms with Gasteiger partial charge < -0.3 is 9.47 Å². The summed E-state index contributed by atoms with van der Waals surface area (Å²) in [5.74, 6) is -1.14. The van der Waals surface area contributed by atoms with Crippen molar-refractivity contribution in [2.75, 3.05) is 14.2 Å². The van der Waals surface area contributed by atoms with E-state index in [0.717, 1.165) is 0 Å². The van der Waals surface area contributed by atoms with Crippen LogP contribution in [0.15, 0.2) is 0 Å². The van der Waals surface area contributed by atoms with E-state index in [-0.39, 0.29) is 5.84 Å². The third-order valence-electron chi connectivity index (χ3n) is 4.48. The molecule has 0 amide bonds. The van der Waals surface area contributed by atoms with E-state index >= 15 is 0 Å². The summed E-state index contributed by atoms with van der Waals surface area (Å²) in [6.07, 6.45) is 0. The Kier molecular flexibility index (Phi) is 1.94. The van der Waals surface area contributed by atoms with Crippen molar-refractivity contribution in [3.05, 3.63) is 0 Å². The van der Waals surface area contributed by atoms with Crippen molar-refractivity contribution < 1.29 is 14.5 Å². The first-order valence-electron chi connectivity index (χ1n) is 5.21. The van der Waals surface area contributed by atoms with E-state index in [1.165, 1.54) is 14.2 Å². The zero-order chi connectivity index (χ0) is 13.1. The zero-order valence-electron chi connectivity index (χ0n) is 10.3. The fourth-order valence-electron chi connectivity index (χ4n) is 3.51. The van der Waals surface area contributed by atoms with Gasteiger partial charge in [-0.05, 0) is 0 Å². The van der Waals surface area contributed by atoms with Crippen LogP contribution in [0.1, 0.15) is 13.8 Å². The number of rotatable bonds is 2. The number of nitriles is 2. The third-order valence-corrected chi connectivity index (χ3v) is 4.48. The van der Waals surface area contributed by atoms with E-state index in [1.54, 1.807) is 0 Å². The molecule has 0 aromatic carbocycles. The predicted octanol–water partition coefficient (Wildman–Crippen LogP) is -1.56. The monoisotopic (exact) mass is 235 g/mol. The molecule has 0 radical (unpaired) electrons. The highest BCUT2D eigenvalue weighted by Gasteiger charge is 3.00. The number of methoxy groups -OCH3 is 2. The minimum absolute atomic E-state index is 0.232. The Labute approximate surface area is 99.6 Å². The van der Waals surface area contributed by atoms with Crippen LogP contribution in [0.2, 0.25) is 0 Å². The Hall–Kier alpha value is -1.63. The summed E-state index contributed by atoms with van der Waals surface area (Å²) in [7, 11) is 2.84. The van der Waals surface area contributed by atoms with Gasteiger partial charge in [-0.25, -0.2) is 4.99 Å². The van der Waals surface area contributed by atoms with Crippen molar-refractivity contribution in [1.29, 1.82) is 10.5 Å². The van der Waals surface area contributed by atoms with Crippen LogP contribution in [0, 0.1) is 38.9 Å². The van der Waals surface area contributed by atoms with Gasteiger partial charge in [0, 0.05) is 19.6 Å². The van der Waals surface area contributed by atoms with Gasteiger partial charge in [-0.15, -0.1) is 0 Å². The van der Waals surface area contributed by atoms with Crippen LogP contribution in [0.3, 0.4) is 0 Å². The molecule has 0 saturated heterocycles. The van der Waals surface area contributed by atoms with Crippen LogP contribution in [-0.4, -0.2) is 26.0 Å². The molecule has 1 fully saturated rings. The summed E-state index contributed by atoms with van der Waals surface area (Å²) >= 11 is 0. The number of nitrogens with zero attached hydrogens (tertiary/aromatic N) is 2. The molecule has 17 heavy (non-hydrogen) atoms. The third kappa shape index (κ3) is 0.717. The van der Waals surface area contributed by atoms with Crippen LogP contribution in [0.25, 0.3) is 0 Å². The Bertz CT molecular complexity index is 495. The zero-order valence-corrected chi connectivity index (χ0v) is 10.3. The summed E-state index contributed by atoms with van der Waals surface area (Å²) < 4.78 is 10.6. The highest BCUT2D eigenvalue weighted by atomic mass is 16.7. The second-order valence-electron chi connectivity index (χ2n) is 4.91. The molecular weight excluding hydrogens is 220 g/mol. The van der Waals surface area contributed by atoms with E-state index in [0.29, 0.717) is 0 Å². The molecule has 0 spiro atoms. The van der Waals surface area contributed by atoms with Gasteiger partial charge in [-0.2, -0.15) is 10.5 Å². The number of hydrogen-bond donors (Lipinski definition) is 2. The van der Waals surface area contributed by atoms with Gasteiger partial charge in [0.15, 0.2) is 10.8 Å². The highest BCUT2D eigenvalue weighted by molar-refractivity contribution is 5.94. The molecule has 1 saturated carbocycles. The summed E-state index contributed by atoms with van der Waals surface area (Å²) in [4.78, 5) is 2.81. The van der Waals surface area contributed by atoms with Gasteiger partial charge in [-0.1, -0.05) is 13.8 Å². The lowest BCUT2D eigenvalue weighted by Gasteiger charge is -2.28. The average molecular weight is 235 g/mol. The molecule has 2 aliphatic rings. The van der Waals surface area contributed by atoms with E-state index in [2.05, 4.69) is 17.1 Å². The van der Waals surface area contributed by atoms with Crippen molar-refractivity contribution in [1.82, 2.24) is 0 Å². The maximum atomic E-state index is 9.54. The van der Waals surface area contributed by atoms with E-state index in [9.17, 15) is 10.5 Å². The normalized spacial score (nSPS) is 39.8. The lowest BCUT2D eigenvalue weighted by Crippen LogP contribution is -2.91. The second kappa shape index (κ2) is 2.79. The number of nitrogens with two attached hydrogens (primary N) is 1. The van der Waals surface area contributed by atoms with Crippen molar-refractivity contribution in [2.45, 2.75) is 19.8 Å². The van der Waals surface area contributed by atoms with Gasteiger partial charge in [0.1, 0.15) is 0 Å². The standard InChI is InChI=1S/C11H14N4O2/c1-8(2)9(5-12)7(14)15-11(16-3,17-4)10(8,9)6-13/h1-4H3,(H2,14,15)/p+1/t9-,10+/m1/s1. The SMILES string of the molecule is COC1(OC)[NH+]=C(N)[C@]2(C#N)C(C)(C)[C@]12C#N. The lowest BCUT2D eigenvalue weighted by molar-refractivity contribution is -0.689. The van der Waals surface area contributed by atoms with Gasteiger partial charge >= 0.3 is 5.91 Å². The van der Waals surface area contributed by atoms with E-state index in [1.807, 2.05) is 13.8 Å². The largest absolute Gasteiger partial charge is 0.342 e. The van der Waals surface area contributed by atoms with Gasteiger partial charge in [0.05, 0.1) is 12.1 Å². The predicted molar refractivity (Wildman–Crippen MR) is 56.8 cm³/mol. The van der Waals surface area contributed by atoms with Gasteiger partial charge in [-0.3, -0.25) is 5.73 Å². The van der Waals surface area contributed by atoms with Crippen molar-refractivity contribution in [3.8, 4) is 12.1 Å². The number of ether oxygens (including phenoxy) is 2. The average Bonchev–Trinajstić information content (AvgIpc) is 2.65. The Morgan fingerprint density at radius 3 is 2.00 bits per heavy atom. The smallest absolute Gasteiger partial charge is 0.317 e. The second-order valence-corrected chi connectivity index (χ2v) is 4.91. The topological polar surface area (TPSA) is 106 Å². The first-order chi connectivity index (χ1) is 7.87. The minimum Gasteiger partial charge on any atom is -0.317 e. The number of fused-ring (bicyclic) bond motifs is 1. The maximum Gasteiger partial charge on any atom is 0.342 e. The molecule has 6 heteroatoms. The molecule has 2 rings (SSSR count). The molecule has 0 bridgehead atoms. The molecule has 3 N–H and O–H groups in total. The van der Waals surface area contributed by atoms with Crippen LogP contribution in [0.4, 0.5) is 0 Å². The molecule has 2 atom stereocenters. The highest BCUT2D eigenvalue weighted by Crippen LogP contribution is 2.81. The Morgan fingerprint density at radius 2 is 1.71 bits per heavy atom. The molecule has 1 aliphatic heterocycles. The fraction of sp³-hybridized carbons (Fsp3) is 0.727. The molecular formula is C11H15N4O2+. The van der Waals surface area contributed by atoms with E-state index in [4.69, 9.17) is 15.2 Å². The molecule has 6 nitrogen and oxygen atoms in total. The lowest BCUT2D eigenvalue weighted by atomic mass is 9.93. The number of nitrogens with one attached hydrogen (secondary N) is 1. The van der Waals surface area contributed by atoms with E-state index < -0.39 is 22.2 Å². The van der Waals surface area contributed by atoms with Crippen molar-refractivity contribution >= 4 is 5.84 Å². The Balaban J connectivity index is 2.76. The van der Waals surface area contributed by atoms with Gasteiger partial charge in [0.2, 0.25) is 0 Å². The molecule has 1 heterocycles. The summed E-state index contributed by atoms with van der Waals surface area (Å²) in [5, 5.41) is 19.0. The van der Waals surface area contributed by atoms with Crippen LogP contribution in [0.5, 0.6) is 0 Å². The molecule has 1 aliphatic carbocycles.